The molecule has 2 aromatic rings. The molecule has 0 unspecified atom stereocenters. The Balaban J connectivity index is 1.80. The summed E-state index contributed by atoms with van der Waals surface area (Å²) in [5, 5.41) is 0.231. The smallest absolute Gasteiger partial charge is 0.262 e. The molecule has 0 atom stereocenters. The number of hydrogen-bond acceptors (Lipinski definition) is 3. The molecule has 1 aliphatic rings. The van der Waals surface area contributed by atoms with Gasteiger partial charge in [0.05, 0.1) is 12.1 Å². The lowest BCUT2D eigenvalue weighted by molar-refractivity contribution is 0.0856. The topological polar surface area (TPSA) is 45.6 Å². The molecule has 2 heterocycles. The first-order chi connectivity index (χ1) is 10.6. The van der Waals surface area contributed by atoms with E-state index in [-0.39, 0.29) is 11.1 Å². The lowest BCUT2D eigenvalue weighted by atomic mass is 10.1. The van der Waals surface area contributed by atoms with Crippen molar-refractivity contribution in [3.05, 3.63) is 64.4 Å². The second kappa shape index (κ2) is 6.28. The van der Waals surface area contributed by atoms with Crippen LogP contribution in [0.2, 0.25) is 5.15 Å². The molecule has 5 heteroatoms. The van der Waals surface area contributed by atoms with E-state index in [0.29, 0.717) is 25.1 Å². The average Bonchev–Trinajstić information content (AvgIpc) is 2.97. The van der Waals surface area contributed by atoms with Crippen LogP contribution in [0, 0.1) is 6.92 Å². The Morgan fingerprint density at radius 2 is 2.05 bits per heavy atom. The molecular weight excluding hydrogens is 298 g/mol. The molecule has 1 aromatic carbocycles. The highest BCUT2D eigenvalue weighted by Gasteiger charge is 2.26. The number of rotatable bonds is 3. The maximum Gasteiger partial charge on any atom is 0.262 e. The molecule has 0 bridgehead atoms. The van der Waals surface area contributed by atoms with E-state index >= 15 is 0 Å². The number of amidine groups is 1. The van der Waals surface area contributed by atoms with Gasteiger partial charge in [-0.2, -0.15) is 0 Å². The Morgan fingerprint density at radius 1 is 1.27 bits per heavy atom. The Morgan fingerprint density at radius 3 is 2.77 bits per heavy atom. The molecule has 0 aliphatic carbocycles. The van der Waals surface area contributed by atoms with Crippen LogP contribution >= 0.6 is 11.6 Å². The number of pyridine rings is 1. The van der Waals surface area contributed by atoms with E-state index in [2.05, 4.69) is 41.2 Å². The number of halogens is 1. The first kappa shape index (κ1) is 14.7. The molecule has 4 nitrogen and oxygen atoms in total. The third-order valence-electron chi connectivity index (χ3n) is 3.65. The fraction of sp³-hybridized carbons (Fsp3) is 0.235. The van der Waals surface area contributed by atoms with Gasteiger partial charge in [0.25, 0.3) is 5.91 Å². The minimum Gasteiger partial charge on any atom is -0.294 e. The quantitative estimate of drug-likeness (QED) is 0.817. The van der Waals surface area contributed by atoms with Crippen molar-refractivity contribution in [2.75, 3.05) is 13.1 Å². The van der Waals surface area contributed by atoms with Crippen LogP contribution in [0.4, 0.5) is 0 Å². The Labute approximate surface area is 134 Å². The molecule has 0 saturated heterocycles. The van der Waals surface area contributed by atoms with Gasteiger partial charge in [0.15, 0.2) is 0 Å². The van der Waals surface area contributed by atoms with Crippen molar-refractivity contribution in [2.45, 2.75) is 13.3 Å². The number of benzene rings is 1. The van der Waals surface area contributed by atoms with Gasteiger partial charge in [-0.3, -0.25) is 14.7 Å². The second-order valence-corrected chi connectivity index (χ2v) is 5.62. The molecule has 0 spiro atoms. The Kier molecular flexibility index (Phi) is 4.20. The van der Waals surface area contributed by atoms with Crippen molar-refractivity contribution in [3.63, 3.8) is 0 Å². The molecule has 1 aliphatic heterocycles. The number of aromatic nitrogens is 1. The summed E-state index contributed by atoms with van der Waals surface area (Å²) in [5.41, 5.74) is 2.77. The predicted octanol–water partition coefficient (Wildman–Crippen LogP) is 3.14. The SMILES string of the molecule is Cc1ccc(CC2=NCCN2C(=O)c2cccnc2Cl)cc1. The molecule has 0 N–H and O–H groups in total. The Bertz CT molecular complexity index is 725. The fourth-order valence-corrected chi connectivity index (χ4v) is 2.64. The monoisotopic (exact) mass is 313 g/mol. The lowest BCUT2D eigenvalue weighted by Crippen LogP contribution is -2.35. The van der Waals surface area contributed by atoms with Crippen LogP contribution in [-0.2, 0) is 6.42 Å². The summed E-state index contributed by atoms with van der Waals surface area (Å²) in [4.78, 5) is 22.8. The standard InChI is InChI=1S/C17H16ClN3O/c1-12-4-6-13(7-5-12)11-15-19-9-10-21(15)17(22)14-3-2-8-20-16(14)18/h2-8H,9-11H2,1H3. The van der Waals surface area contributed by atoms with E-state index in [1.165, 1.54) is 5.56 Å². The minimum absolute atomic E-state index is 0.138. The van der Waals surface area contributed by atoms with Gasteiger partial charge in [0.1, 0.15) is 11.0 Å². The summed E-state index contributed by atoms with van der Waals surface area (Å²) in [6.45, 7) is 3.27. The highest BCUT2D eigenvalue weighted by Crippen LogP contribution is 2.18. The van der Waals surface area contributed by atoms with Gasteiger partial charge in [0.2, 0.25) is 0 Å². The summed E-state index contributed by atoms with van der Waals surface area (Å²) >= 11 is 6.02. The first-order valence-electron chi connectivity index (χ1n) is 7.16. The van der Waals surface area contributed by atoms with Gasteiger partial charge < -0.3 is 0 Å². The third kappa shape index (κ3) is 3.02. The molecule has 0 saturated carbocycles. The molecule has 22 heavy (non-hydrogen) atoms. The van der Waals surface area contributed by atoms with Gasteiger partial charge in [0, 0.05) is 19.2 Å². The van der Waals surface area contributed by atoms with E-state index < -0.39 is 0 Å². The number of nitrogens with zero attached hydrogens (tertiary/aromatic N) is 3. The van der Waals surface area contributed by atoms with Crippen molar-refractivity contribution in [1.29, 1.82) is 0 Å². The summed E-state index contributed by atoms with van der Waals surface area (Å²) in [5.74, 6) is 0.648. The van der Waals surface area contributed by atoms with Crippen molar-refractivity contribution in [2.24, 2.45) is 4.99 Å². The zero-order chi connectivity index (χ0) is 15.5. The summed E-state index contributed by atoms with van der Waals surface area (Å²) in [6, 6.07) is 11.7. The maximum atomic E-state index is 12.6. The van der Waals surface area contributed by atoms with Gasteiger partial charge in [-0.15, -0.1) is 0 Å². The van der Waals surface area contributed by atoms with E-state index in [0.717, 1.165) is 11.4 Å². The largest absolute Gasteiger partial charge is 0.294 e. The van der Waals surface area contributed by atoms with E-state index in [1.807, 2.05) is 0 Å². The van der Waals surface area contributed by atoms with Crippen LogP contribution in [0.15, 0.2) is 47.6 Å². The molecule has 1 aromatic heterocycles. The molecule has 0 fully saturated rings. The average molecular weight is 314 g/mol. The number of aliphatic imine (C=N–C) groups is 1. The second-order valence-electron chi connectivity index (χ2n) is 5.26. The lowest BCUT2D eigenvalue weighted by Gasteiger charge is -2.19. The summed E-state index contributed by atoms with van der Waals surface area (Å²) in [6.07, 6.45) is 2.22. The van der Waals surface area contributed by atoms with E-state index in [1.54, 1.807) is 23.2 Å². The highest BCUT2D eigenvalue weighted by molar-refractivity contribution is 6.33. The summed E-state index contributed by atoms with van der Waals surface area (Å²) in [7, 11) is 0. The highest BCUT2D eigenvalue weighted by atomic mass is 35.5. The van der Waals surface area contributed by atoms with Gasteiger partial charge in [-0.25, -0.2) is 4.98 Å². The van der Waals surface area contributed by atoms with Crippen LogP contribution < -0.4 is 0 Å². The number of hydrogen-bond donors (Lipinski definition) is 0. The molecular formula is C17H16ClN3O. The molecule has 112 valence electrons. The van der Waals surface area contributed by atoms with Crippen LogP contribution in [0.25, 0.3) is 0 Å². The van der Waals surface area contributed by atoms with Crippen LogP contribution in [0.1, 0.15) is 21.5 Å². The van der Waals surface area contributed by atoms with Gasteiger partial charge in [-0.05, 0) is 24.6 Å². The van der Waals surface area contributed by atoms with E-state index in [4.69, 9.17) is 11.6 Å². The third-order valence-corrected chi connectivity index (χ3v) is 3.95. The number of carbonyl (C=O) groups is 1. The van der Waals surface area contributed by atoms with Crippen LogP contribution in [-0.4, -0.2) is 34.7 Å². The normalized spacial score (nSPS) is 14.1. The van der Waals surface area contributed by atoms with E-state index in [9.17, 15) is 4.79 Å². The molecule has 3 rings (SSSR count). The van der Waals surface area contributed by atoms with Crippen molar-refractivity contribution < 1.29 is 4.79 Å². The minimum atomic E-state index is -0.138. The Hall–Kier alpha value is -2.20. The first-order valence-corrected chi connectivity index (χ1v) is 7.54. The fourth-order valence-electron chi connectivity index (χ4n) is 2.44. The zero-order valence-corrected chi connectivity index (χ0v) is 13.0. The van der Waals surface area contributed by atoms with Gasteiger partial charge in [-0.1, -0.05) is 41.4 Å². The van der Waals surface area contributed by atoms with Crippen molar-refractivity contribution in [3.8, 4) is 0 Å². The molecule has 1 amide bonds. The predicted molar refractivity (Wildman–Crippen MR) is 87.5 cm³/mol. The van der Waals surface area contributed by atoms with Crippen molar-refractivity contribution >= 4 is 23.3 Å². The van der Waals surface area contributed by atoms with Crippen molar-refractivity contribution in [1.82, 2.24) is 9.88 Å². The number of carbonyl (C=O) groups excluding carboxylic acids is 1. The molecule has 0 radical (unpaired) electrons. The summed E-state index contributed by atoms with van der Waals surface area (Å²) < 4.78 is 0. The number of amides is 1. The number of aryl methyl sites for hydroxylation is 1. The van der Waals surface area contributed by atoms with Crippen LogP contribution in [0.3, 0.4) is 0 Å². The van der Waals surface area contributed by atoms with Crippen LogP contribution in [0.5, 0.6) is 0 Å². The zero-order valence-electron chi connectivity index (χ0n) is 12.3. The maximum absolute atomic E-state index is 12.6. The van der Waals surface area contributed by atoms with Gasteiger partial charge >= 0.3 is 0 Å².